The molecule has 80 valence electrons. The number of rotatable bonds is 0. The molecule has 2 aliphatic heterocycles. The fourth-order valence-corrected chi connectivity index (χ4v) is 2.49. The van der Waals surface area contributed by atoms with Gasteiger partial charge in [0.05, 0.1) is 24.5 Å². The first-order valence-corrected chi connectivity index (χ1v) is 5.33. The molecule has 1 saturated heterocycles. The maximum absolute atomic E-state index is 11.6. The van der Waals surface area contributed by atoms with Gasteiger partial charge >= 0.3 is 0 Å². The van der Waals surface area contributed by atoms with Gasteiger partial charge in [0.1, 0.15) is 5.82 Å². The number of hydrogen-bond donors (Lipinski definition) is 2. The number of nitrogens with zero attached hydrogens (tertiary/aromatic N) is 2. The van der Waals surface area contributed by atoms with Gasteiger partial charge in [-0.05, 0) is 25.9 Å². The predicted molar refractivity (Wildman–Crippen MR) is 57.0 cm³/mol. The highest BCUT2D eigenvalue weighted by Crippen LogP contribution is 2.30. The van der Waals surface area contributed by atoms with Gasteiger partial charge in [0.15, 0.2) is 0 Å². The average molecular weight is 206 g/mol. The molecule has 0 amide bonds. The molecule has 0 aliphatic carbocycles. The summed E-state index contributed by atoms with van der Waals surface area (Å²) >= 11 is 0. The van der Waals surface area contributed by atoms with E-state index in [4.69, 9.17) is 0 Å². The van der Waals surface area contributed by atoms with Gasteiger partial charge in [-0.15, -0.1) is 0 Å². The molecular formula is C10H14N4O. The quantitative estimate of drug-likeness (QED) is 0.616. The molecule has 3 rings (SSSR count). The van der Waals surface area contributed by atoms with Crippen LogP contribution in [0.25, 0.3) is 0 Å². The van der Waals surface area contributed by atoms with Crippen molar-refractivity contribution in [3.63, 3.8) is 0 Å². The van der Waals surface area contributed by atoms with Crippen molar-refractivity contribution in [2.24, 2.45) is 0 Å². The largest absolute Gasteiger partial charge is 0.363 e. The summed E-state index contributed by atoms with van der Waals surface area (Å²) in [4.78, 5) is 15.5. The van der Waals surface area contributed by atoms with Crippen LogP contribution in [-0.4, -0.2) is 28.2 Å². The van der Waals surface area contributed by atoms with E-state index in [9.17, 15) is 4.79 Å². The SMILES string of the molecule is O=c1cncc2n1CC1(CCNCC1)N2. The van der Waals surface area contributed by atoms with E-state index in [0.29, 0.717) is 0 Å². The molecule has 5 nitrogen and oxygen atoms in total. The van der Waals surface area contributed by atoms with Gasteiger partial charge in [0, 0.05) is 0 Å². The third kappa shape index (κ3) is 1.34. The third-order valence-corrected chi connectivity index (χ3v) is 3.35. The van der Waals surface area contributed by atoms with E-state index in [1.54, 1.807) is 10.8 Å². The molecule has 0 unspecified atom stereocenters. The van der Waals surface area contributed by atoms with Crippen molar-refractivity contribution in [2.75, 3.05) is 18.4 Å². The molecule has 5 heteroatoms. The molecule has 2 aliphatic rings. The molecule has 1 fully saturated rings. The van der Waals surface area contributed by atoms with E-state index in [1.807, 2.05) is 0 Å². The number of anilines is 1. The van der Waals surface area contributed by atoms with Crippen LogP contribution < -0.4 is 16.2 Å². The first-order valence-electron chi connectivity index (χ1n) is 5.33. The van der Waals surface area contributed by atoms with E-state index in [2.05, 4.69) is 15.6 Å². The van der Waals surface area contributed by atoms with Gasteiger partial charge < -0.3 is 10.6 Å². The highest BCUT2D eigenvalue weighted by molar-refractivity contribution is 5.41. The number of hydrogen-bond acceptors (Lipinski definition) is 4. The van der Waals surface area contributed by atoms with Crippen LogP contribution in [0.2, 0.25) is 0 Å². The van der Waals surface area contributed by atoms with Crippen molar-refractivity contribution in [2.45, 2.75) is 24.9 Å². The Bertz CT molecular complexity index is 433. The second-order valence-corrected chi connectivity index (χ2v) is 4.37. The van der Waals surface area contributed by atoms with Crippen molar-refractivity contribution in [3.05, 3.63) is 22.7 Å². The Labute approximate surface area is 87.5 Å². The summed E-state index contributed by atoms with van der Waals surface area (Å²) in [5.41, 5.74) is 0.0795. The summed E-state index contributed by atoms with van der Waals surface area (Å²) in [6.45, 7) is 2.82. The fraction of sp³-hybridized carbons (Fsp3) is 0.600. The van der Waals surface area contributed by atoms with Gasteiger partial charge in [-0.3, -0.25) is 14.3 Å². The van der Waals surface area contributed by atoms with Gasteiger partial charge in [0.25, 0.3) is 5.56 Å². The number of fused-ring (bicyclic) bond motifs is 1. The minimum Gasteiger partial charge on any atom is -0.363 e. The van der Waals surface area contributed by atoms with Crippen LogP contribution in [0, 0.1) is 0 Å². The molecule has 0 aromatic carbocycles. The summed E-state index contributed by atoms with van der Waals surface area (Å²) in [5, 5.41) is 6.79. The Balaban J connectivity index is 1.97. The molecule has 0 atom stereocenters. The van der Waals surface area contributed by atoms with Gasteiger partial charge in [-0.25, -0.2) is 0 Å². The first-order chi connectivity index (χ1) is 7.29. The molecule has 0 bridgehead atoms. The normalized spacial score (nSPS) is 22.4. The monoisotopic (exact) mass is 206 g/mol. The Kier molecular flexibility index (Phi) is 1.82. The smallest absolute Gasteiger partial charge is 0.270 e. The van der Waals surface area contributed by atoms with Crippen molar-refractivity contribution in [1.82, 2.24) is 14.9 Å². The second kappa shape index (κ2) is 3.06. The zero-order valence-electron chi connectivity index (χ0n) is 8.49. The molecule has 0 saturated carbocycles. The standard InChI is InChI=1S/C10H14N4O/c15-9-6-12-5-8-13-10(7-14(8)9)1-3-11-4-2-10/h5-6,11,13H,1-4,7H2. The molecule has 1 spiro atoms. The van der Waals surface area contributed by atoms with E-state index in [1.165, 1.54) is 6.20 Å². The van der Waals surface area contributed by atoms with Gasteiger partial charge in [-0.1, -0.05) is 0 Å². The van der Waals surface area contributed by atoms with Crippen molar-refractivity contribution < 1.29 is 0 Å². The molecular weight excluding hydrogens is 192 g/mol. The zero-order chi connectivity index (χ0) is 10.3. The highest BCUT2D eigenvalue weighted by Gasteiger charge is 2.38. The van der Waals surface area contributed by atoms with Gasteiger partial charge in [-0.2, -0.15) is 0 Å². The lowest BCUT2D eigenvalue weighted by atomic mass is 9.89. The number of nitrogens with one attached hydrogen (secondary N) is 2. The van der Waals surface area contributed by atoms with Crippen molar-refractivity contribution in [3.8, 4) is 0 Å². The minimum absolute atomic E-state index is 0.00425. The Morgan fingerprint density at radius 1 is 1.33 bits per heavy atom. The van der Waals surface area contributed by atoms with Crippen LogP contribution in [-0.2, 0) is 6.54 Å². The van der Waals surface area contributed by atoms with E-state index in [-0.39, 0.29) is 11.1 Å². The Morgan fingerprint density at radius 3 is 2.87 bits per heavy atom. The van der Waals surface area contributed by atoms with Crippen LogP contribution >= 0.6 is 0 Å². The third-order valence-electron chi connectivity index (χ3n) is 3.35. The molecule has 2 N–H and O–H groups in total. The van der Waals surface area contributed by atoms with Crippen LogP contribution in [0.15, 0.2) is 17.2 Å². The summed E-state index contributed by atoms with van der Waals surface area (Å²) in [6.07, 6.45) is 5.24. The topological polar surface area (TPSA) is 59.0 Å². The van der Waals surface area contributed by atoms with E-state index in [0.717, 1.165) is 38.3 Å². The van der Waals surface area contributed by atoms with Crippen LogP contribution in [0.3, 0.4) is 0 Å². The predicted octanol–water partition coefficient (Wildman–Crippen LogP) is -0.209. The summed E-state index contributed by atoms with van der Waals surface area (Å²) < 4.78 is 1.79. The van der Waals surface area contributed by atoms with Crippen molar-refractivity contribution in [1.29, 1.82) is 0 Å². The van der Waals surface area contributed by atoms with Crippen molar-refractivity contribution >= 4 is 5.82 Å². The maximum Gasteiger partial charge on any atom is 0.270 e. The molecule has 3 heterocycles. The number of aromatic nitrogens is 2. The lowest BCUT2D eigenvalue weighted by Crippen LogP contribution is -2.47. The van der Waals surface area contributed by atoms with Gasteiger partial charge in [0.2, 0.25) is 0 Å². The van der Waals surface area contributed by atoms with E-state index < -0.39 is 0 Å². The summed E-state index contributed by atoms with van der Waals surface area (Å²) in [6, 6.07) is 0. The Hall–Kier alpha value is -1.36. The average Bonchev–Trinajstić information content (AvgIpc) is 2.59. The van der Waals surface area contributed by atoms with Crippen LogP contribution in [0.4, 0.5) is 5.82 Å². The lowest BCUT2D eigenvalue weighted by Gasteiger charge is -2.33. The first kappa shape index (κ1) is 8.91. The molecule has 1 aromatic heterocycles. The highest BCUT2D eigenvalue weighted by atomic mass is 16.1. The molecule has 1 aromatic rings. The summed E-state index contributed by atoms with van der Waals surface area (Å²) in [7, 11) is 0. The molecule has 15 heavy (non-hydrogen) atoms. The minimum atomic E-state index is -0.00425. The van der Waals surface area contributed by atoms with E-state index >= 15 is 0 Å². The fourth-order valence-electron chi connectivity index (χ4n) is 2.49. The number of piperidine rings is 1. The van der Waals surface area contributed by atoms with Crippen LogP contribution in [0.5, 0.6) is 0 Å². The lowest BCUT2D eigenvalue weighted by molar-refractivity contribution is 0.323. The van der Waals surface area contributed by atoms with Crippen LogP contribution in [0.1, 0.15) is 12.8 Å². The summed E-state index contributed by atoms with van der Waals surface area (Å²) in [5.74, 6) is 0.865. The zero-order valence-corrected chi connectivity index (χ0v) is 8.49. The second-order valence-electron chi connectivity index (χ2n) is 4.37. The molecule has 0 radical (unpaired) electrons. The Morgan fingerprint density at radius 2 is 2.13 bits per heavy atom. The maximum atomic E-state index is 11.6.